The largest absolute Gasteiger partial charge is 0.508 e. The number of carbonyl (C=O) groups is 2. The second kappa shape index (κ2) is 10.8. The van der Waals surface area contributed by atoms with Crippen LogP contribution in [0.1, 0.15) is 12.0 Å². The number of phenols is 1. The zero-order valence-corrected chi connectivity index (χ0v) is 21.7. The molecular weight excluding hydrogens is 564 g/mol. The Labute approximate surface area is 237 Å². The molecule has 2 fully saturated rings. The maximum Gasteiger partial charge on any atom is 0.243 e. The highest BCUT2D eigenvalue weighted by Gasteiger charge is 2.67. The Hall–Kier alpha value is -3.22. The standard InChI is InChI=1S/C27H30O15/c28-8-15-19(34)20(35)21(36)25(41-15)27(39)22(37)16(13(30)6-3-10-1-4-11(29)5-2-10)17(32)12-7-26(42-24(12)27)23(38)18(33)14(31)9-40-26/h1-6,14-15,18-21,23,25,28-29,31-36,38-39H,7-9H2/t14-,15-,18-,19-,20+,21-,23+,25-,26+,27-/m1/s1. The fourth-order valence-electron chi connectivity index (χ4n) is 5.55. The van der Waals surface area contributed by atoms with Gasteiger partial charge in [0.15, 0.2) is 5.78 Å². The fourth-order valence-corrected chi connectivity index (χ4v) is 5.55. The first kappa shape index (κ1) is 30.2. The molecule has 0 bridgehead atoms. The average Bonchev–Trinajstić information content (AvgIpc) is 3.38. The summed E-state index contributed by atoms with van der Waals surface area (Å²) in [5.74, 6) is -6.88. The molecule has 0 amide bonds. The summed E-state index contributed by atoms with van der Waals surface area (Å²) in [6.45, 7) is -1.52. The summed E-state index contributed by atoms with van der Waals surface area (Å²) >= 11 is 0. The summed E-state index contributed by atoms with van der Waals surface area (Å²) in [4.78, 5) is 27.3. The van der Waals surface area contributed by atoms with Gasteiger partial charge in [0.05, 0.1) is 13.2 Å². The Morgan fingerprint density at radius 3 is 2.29 bits per heavy atom. The molecule has 1 spiro atoms. The van der Waals surface area contributed by atoms with Crippen LogP contribution < -0.4 is 0 Å². The molecular formula is C27H30O15. The van der Waals surface area contributed by atoms with Gasteiger partial charge in [-0.15, -0.1) is 0 Å². The highest BCUT2D eigenvalue weighted by Crippen LogP contribution is 2.52. The number of phenolic OH excluding ortho intramolecular Hbond substituents is 1. The average molecular weight is 595 g/mol. The molecule has 10 N–H and O–H groups in total. The molecule has 5 rings (SSSR count). The highest BCUT2D eigenvalue weighted by atomic mass is 16.7. The third kappa shape index (κ3) is 4.55. The van der Waals surface area contributed by atoms with Crippen molar-refractivity contribution in [2.24, 2.45) is 0 Å². The molecule has 1 aliphatic carbocycles. The van der Waals surface area contributed by atoms with E-state index in [2.05, 4.69) is 0 Å². The molecule has 42 heavy (non-hydrogen) atoms. The number of aromatic hydroxyl groups is 1. The van der Waals surface area contributed by atoms with Crippen molar-refractivity contribution >= 4 is 17.6 Å². The van der Waals surface area contributed by atoms with Crippen molar-refractivity contribution in [1.29, 1.82) is 0 Å². The van der Waals surface area contributed by atoms with Crippen molar-refractivity contribution < 1.29 is 74.9 Å². The van der Waals surface area contributed by atoms with E-state index in [1.807, 2.05) is 0 Å². The van der Waals surface area contributed by atoms with Gasteiger partial charge in [-0.1, -0.05) is 18.2 Å². The number of aliphatic hydroxyl groups excluding tert-OH is 8. The van der Waals surface area contributed by atoms with Crippen LogP contribution in [0.3, 0.4) is 0 Å². The van der Waals surface area contributed by atoms with E-state index in [-0.39, 0.29) is 5.75 Å². The van der Waals surface area contributed by atoms with E-state index >= 15 is 0 Å². The molecule has 1 aromatic carbocycles. The van der Waals surface area contributed by atoms with Gasteiger partial charge in [-0.25, -0.2) is 0 Å². The lowest BCUT2D eigenvalue weighted by Crippen LogP contribution is -2.69. The van der Waals surface area contributed by atoms with E-state index in [1.165, 1.54) is 30.3 Å². The van der Waals surface area contributed by atoms with E-state index in [0.29, 0.717) is 5.56 Å². The molecule has 15 heteroatoms. The van der Waals surface area contributed by atoms with Crippen LogP contribution in [0.15, 0.2) is 53.0 Å². The van der Waals surface area contributed by atoms with Crippen LogP contribution in [-0.4, -0.2) is 136 Å². The molecule has 0 saturated carbocycles. The zero-order chi connectivity index (χ0) is 30.7. The predicted octanol–water partition coefficient (Wildman–Crippen LogP) is -3.57. The van der Waals surface area contributed by atoms with Crippen molar-refractivity contribution in [3.63, 3.8) is 0 Å². The number of ketones is 2. The van der Waals surface area contributed by atoms with Crippen LogP contribution in [0.2, 0.25) is 0 Å². The first-order valence-electron chi connectivity index (χ1n) is 12.9. The van der Waals surface area contributed by atoms with E-state index in [9.17, 15) is 60.7 Å². The Kier molecular flexibility index (Phi) is 7.78. The third-order valence-corrected chi connectivity index (χ3v) is 7.95. The number of ether oxygens (including phenoxy) is 3. The Balaban J connectivity index is 1.61. The summed E-state index contributed by atoms with van der Waals surface area (Å²) in [7, 11) is 0. The smallest absolute Gasteiger partial charge is 0.243 e. The van der Waals surface area contributed by atoms with Crippen LogP contribution in [0.25, 0.3) is 6.08 Å². The first-order valence-corrected chi connectivity index (χ1v) is 12.9. The van der Waals surface area contributed by atoms with Crippen molar-refractivity contribution in [3.8, 4) is 5.75 Å². The molecule has 2 saturated heterocycles. The summed E-state index contributed by atoms with van der Waals surface area (Å²) in [5, 5.41) is 105. The van der Waals surface area contributed by atoms with Gasteiger partial charge < -0.3 is 65.3 Å². The van der Waals surface area contributed by atoms with Crippen LogP contribution >= 0.6 is 0 Å². The van der Waals surface area contributed by atoms with Gasteiger partial charge in [0.25, 0.3) is 0 Å². The van der Waals surface area contributed by atoms with Gasteiger partial charge in [0, 0.05) is 12.0 Å². The number of hydrogen-bond donors (Lipinski definition) is 10. The molecule has 3 aliphatic heterocycles. The monoisotopic (exact) mass is 594 g/mol. The number of rotatable bonds is 5. The van der Waals surface area contributed by atoms with Crippen molar-refractivity contribution in [1.82, 2.24) is 0 Å². The molecule has 228 valence electrons. The maximum absolute atomic E-state index is 13.9. The van der Waals surface area contributed by atoms with Crippen LogP contribution in [-0.2, 0) is 23.8 Å². The van der Waals surface area contributed by atoms with Gasteiger partial charge in [-0.05, 0) is 23.8 Å². The molecule has 1 aromatic rings. The topological polar surface area (TPSA) is 264 Å². The van der Waals surface area contributed by atoms with Crippen LogP contribution in [0, 0.1) is 0 Å². The second-order valence-electron chi connectivity index (χ2n) is 10.6. The van der Waals surface area contributed by atoms with Crippen molar-refractivity contribution in [2.45, 2.75) is 66.6 Å². The SMILES string of the molecule is O=C(C=Cc1ccc(O)cc1)C1=C(O)C2=C(O[C@]3(C2)OC[C@@H](O)[C@@H](O)[C@@H]3O)[C@@](O)([C@@H]2O[C@H](CO)[C@@H](O)[C@H](O)[C@H]2O)C1=O. The molecule has 0 unspecified atom stereocenters. The summed E-state index contributed by atoms with van der Waals surface area (Å²) in [5.41, 5.74) is -4.28. The summed E-state index contributed by atoms with van der Waals surface area (Å²) in [6, 6.07) is 5.55. The highest BCUT2D eigenvalue weighted by molar-refractivity contribution is 6.29. The molecule has 3 heterocycles. The number of benzene rings is 1. The second-order valence-corrected chi connectivity index (χ2v) is 10.6. The molecule has 0 radical (unpaired) electrons. The first-order chi connectivity index (χ1) is 19.8. The lowest BCUT2D eigenvalue weighted by Gasteiger charge is -2.48. The van der Waals surface area contributed by atoms with Gasteiger partial charge in [0.1, 0.15) is 71.7 Å². The van der Waals surface area contributed by atoms with Gasteiger partial charge in [-0.2, -0.15) is 0 Å². The molecule has 15 nitrogen and oxygen atoms in total. The molecule has 0 aromatic heterocycles. The lowest BCUT2D eigenvalue weighted by atomic mass is 9.73. The van der Waals surface area contributed by atoms with Crippen LogP contribution in [0.4, 0.5) is 0 Å². The van der Waals surface area contributed by atoms with Crippen molar-refractivity contribution in [2.75, 3.05) is 13.2 Å². The lowest BCUT2D eigenvalue weighted by molar-refractivity contribution is -0.326. The number of allylic oxidation sites excluding steroid dienone is 2. The molecule has 4 aliphatic rings. The number of aliphatic hydroxyl groups is 9. The minimum Gasteiger partial charge on any atom is -0.508 e. The minimum absolute atomic E-state index is 0.0507. The normalized spacial score (nSPS) is 40.5. The Morgan fingerprint density at radius 2 is 1.64 bits per heavy atom. The van der Waals surface area contributed by atoms with E-state index in [0.717, 1.165) is 6.08 Å². The zero-order valence-electron chi connectivity index (χ0n) is 21.7. The number of Topliss-reactive ketones (excluding diaryl/α,β-unsaturated/α-hetero) is 1. The Bertz CT molecular complexity index is 1350. The number of carbonyl (C=O) groups excluding carboxylic acids is 2. The minimum atomic E-state index is -3.22. The van der Waals surface area contributed by atoms with Crippen LogP contribution in [0.5, 0.6) is 5.75 Å². The van der Waals surface area contributed by atoms with Gasteiger partial charge >= 0.3 is 0 Å². The van der Waals surface area contributed by atoms with Gasteiger partial charge in [-0.3, -0.25) is 9.59 Å². The van der Waals surface area contributed by atoms with Crippen molar-refractivity contribution in [3.05, 3.63) is 58.6 Å². The van der Waals surface area contributed by atoms with E-state index < -0.39 is 114 Å². The maximum atomic E-state index is 13.9. The van der Waals surface area contributed by atoms with E-state index in [1.54, 1.807) is 0 Å². The predicted molar refractivity (Wildman–Crippen MR) is 135 cm³/mol. The summed E-state index contributed by atoms with van der Waals surface area (Å²) < 4.78 is 16.6. The third-order valence-electron chi connectivity index (χ3n) is 7.95. The number of hydrogen-bond acceptors (Lipinski definition) is 15. The fraction of sp³-hybridized carbons (Fsp3) is 0.481. The molecule has 10 atom stereocenters. The van der Waals surface area contributed by atoms with E-state index in [4.69, 9.17) is 14.2 Å². The Morgan fingerprint density at radius 1 is 0.976 bits per heavy atom. The quantitative estimate of drug-likeness (QED) is 0.117. The summed E-state index contributed by atoms with van der Waals surface area (Å²) in [6.07, 6.45) is -13.9. The van der Waals surface area contributed by atoms with Gasteiger partial charge in [0.2, 0.25) is 17.2 Å².